The minimum absolute atomic E-state index is 0.0428. The summed E-state index contributed by atoms with van der Waals surface area (Å²) in [7, 11) is 0. The number of pyridine rings is 2. The van der Waals surface area contributed by atoms with Crippen molar-refractivity contribution < 1.29 is 28.8 Å². The van der Waals surface area contributed by atoms with Crippen molar-refractivity contribution >= 4 is 67.8 Å². The molecule has 0 spiro atoms. The van der Waals surface area contributed by atoms with Crippen molar-refractivity contribution in [2.75, 3.05) is 0 Å². The van der Waals surface area contributed by atoms with E-state index in [-0.39, 0.29) is 53.6 Å². The van der Waals surface area contributed by atoms with Crippen molar-refractivity contribution in [3.8, 4) is 33.5 Å². The number of unbranched alkanes of at least 4 members (excludes halogenated alkanes) is 6. The lowest BCUT2D eigenvalue weighted by atomic mass is 9.88. The summed E-state index contributed by atoms with van der Waals surface area (Å²) in [6.07, 6.45) is 20.1. The van der Waals surface area contributed by atoms with Gasteiger partial charge >= 0.3 is 0 Å². The second-order valence-electron chi connectivity index (χ2n) is 23.1. The van der Waals surface area contributed by atoms with Crippen LogP contribution in [0.3, 0.4) is 0 Å². The van der Waals surface area contributed by atoms with Crippen LogP contribution in [-0.4, -0.2) is 78.2 Å². The lowest BCUT2D eigenvalue weighted by Crippen LogP contribution is -2.46. The maximum Gasteiger partial charge on any atom is 0.261 e. The van der Waals surface area contributed by atoms with E-state index in [9.17, 15) is 28.8 Å². The van der Waals surface area contributed by atoms with Gasteiger partial charge in [-0.1, -0.05) is 196 Å². The number of aromatic nitrogens is 2. The van der Waals surface area contributed by atoms with Crippen LogP contribution in [0.15, 0.2) is 170 Å². The molecular formula is C76H79N5O6. The van der Waals surface area contributed by atoms with Crippen LogP contribution in [0.1, 0.15) is 200 Å². The molecule has 0 saturated heterocycles. The molecule has 3 atom stereocenters. The molecule has 5 heterocycles. The highest BCUT2D eigenvalue weighted by atomic mass is 16.2. The molecule has 12 rings (SSSR count). The Bertz CT molecular complexity index is 3520. The molecule has 0 N–H and O–H groups in total. The molecule has 0 saturated carbocycles. The third-order valence-electron chi connectivity index (χ3n) is 17.7. The first kappa shape index (κ1) is 61.1. The molecule has 3 aliphatic heterocycles. The SMILES string of the molecule is CCCCCC(CC)N1C(=O)c2cccc3c(-c4ccccc4)ccc(c23)C1=O.CCCCCC(CC)N1C(=O)c2cccc3c(-c4ccccn4)ccc(c23)C1=O.CCCCCC(CC)N1C(=O)c2cccc3c(-c4cccnc4)ccc(c23)C1=O. The molecule has 11 heteroatoms. The Hall–Kier alpha value is -8.96. The van der Waals surface area contributed by atoms with Gasteiger partial charge in [0.2, 0.25) is 0 Å². The van der Waals surface area contributed by atoms with Crippen LogP contribution in [0.2, 0.25) is 0 Å². The van der Waals surface area contributed by atoms with Gasteiger partial charge in [0.15, 0.2) is 0 Å². The van der Waals surface area contributed by atoms with Crippen molar-refractivity contribution in [1.29, 1.82) is 0 Å². The lowest BCUT2D eigenvalue weighted by Gasteiger charge is -2.34. The Morgan fingerprint density at radius 3 is 1.05 bits per heavy atom. The van der Waals surface area contributed by atoms with Gasteiger partial charge in [-0.15, -0.1) is 0 Å². The molecule has 444 valence electrons. The van der Waals surface area contributed by atoms with E-state index >= 15 is 0 Å². The number of benzene rings is 7. The van der Waals surface area contributed by atoms with E-state index in [2.05, 4.69) is 63.6 Å². The molecule has 2 aromatic heterocycles. The summed E-state index contributed by atoms with van der Waals surface area (Å²) >= 11 is 0. The van der Waals surface area contributed by atoms with Crippen LogP contribution in [-0.2, 0) is 0 Å². The monoisotopic (exact) mass is 1160 g/mol. The fourth-order valence-corrected chi connectivity index (χ4v) is 13.2. The lowest BCUT2D eigenvalue weighted by molar-refractivity contribution is 0.0508. The molecular weight excluding hydrogens is 1080 g/mol. The number of amides is 6. The summed E-state index contributed by atoms with van der Waals surface area (Å²) in [5.74, 6) is -0.980. The number of hydrogen-bond donors (Lipinski definition) is 0. The van der Waals surface area contributed by atoms with E-state index in [0.29, 0.717) is 33.4 Å². The van der Waals surface area contributed by atoms with Crippen molar-refractivity contribution in [2.24, 2.45) is 0 Å². The van der Waals surface area contributed by atoms with Gasteiger partial charge in [-0.25, -0.2) is 0 Å². The summed E-state index contributed by atoms with van der Waals surface area (Å²) in [5, 5.41) is 5.11. The highest BCUT2D eigenvalue weighted by Gasteiger charge is 2.40. The highest BCUT2D eigenvalue weighted by Crippen LogP contribution is 2.41. The number of rotatable bonds is 21. The van der Waals surface area contributed by atoms with E-state index in [1.54, 1.807) is 12.4 Å². The van der Waals surface area contributed by atoms with Gasteiger partial charge in [0.1, 0.15) is 0 Å². The van der Waals surface area contributed by atoms with E-state index in [1.165, 1.54) is 14.7 Å². The second-order valence-corrected chi connectivity index (χ2v) is 23.1. The third-order valence-corrected chi connectivity index (χ3v) is 17.7. The van der Waals surface area contributed by atoms with Crippen LogP contribution in [0, 0.1) is 0 Å². The first-order chi connectivity index (χ1) is 42.5. The van der Waals surface area contributed by atoms with Gasteiger partial charge in [0, 0.05) is 97.4 Å². The molecule has 7 aromatic carbocycles. The van der Waals surface area contributed by atoms with Gasteiger partial charge in [-0.3, -0.25) is 53.4 Å². The van der Waals surface area contributed by atoms with Crippen LogP contribution in [0.25, 0.3) is 65.8 Å². The first-order valence-corrected chi connectivity index (χ1v) is 31.7. The largest absolute Gasteiger partial charge is 0.271 e. The number of carbonyl (C=O) groups excluding carboxylic acids is 6. The standard InChI is InChI=1S/C26H27NO2.2C25H26N2O2/c1-3-5-7-13-19(4-2)27-25(28)22-15-10-14-21-20(18-11-8-6-9-12-18)16-17-23(24(21)22)26(27)29;1-3-5-6-10-18(4-2)27-24(28)21-12-7-11-20-19(17-9-8-15-26-16-17)13-14-22(23(20)21)25(27)29;1-3-5-6-10-17(4-2)27-24(28)20-12-9-11-19-18(22-13-7-8-16-26-22)14-15-21(23(19)20)25(27)29/h6,8-12,14-17,19H,3-5,7,13H2,1-2H3;7-9,11-16,18H,3-6,10H2,1-2H3;7-9,11-17H,3-6,10H2,1-2H3. The van der Waals surface area contributed by atoms with Crippen LogP contribution >= 0.6 is 0 Å². The van der Waals surface area contributed by atoms with Crippen LogP contribution < -0.4 is 0 Å². The molecule has 11 nitrogen and oxygen atoms in total. The zero-order chi connectivity index (χ0) is 61.1. The predicted molar refractivity (Wildman–Crippen MR) is 350 cm³/mol. The van der Waals surface area contributed by atoms with Crippen LogP contribution in [0.4, 0.5) is 0 Å². The summed E-state index contributed by atoms with van der Waals surface area (Å²) in [6, 6.07) is 48.5. The Balaban J connectivity index is 0.000000144. The quantitative estimate of drug-likeness (QED) is 0.0512. The fourth-order valence-electron chi connectivity index (χ4n) is 13.2. The Labute approximate surface area is 511 Å². The maximum atomic E-state index is 13.4. The summed E-state index contributed by atoms with van der Waals surface area (Å²) in [6.45, 7) is 12.7. The molecule has 0 aliphatic carbocycles. The molecule has 0 radical (unpaired) electrons. The van der Waals surface area contributed by atoms with Gasteiger partial charge < -0.3 is 0 Å². The van der Waals surface area contributed by atoms with Crippen molar-refractivity contribution in [1.82, 2.24) is 24.7 Å². The molecule has 3 aliphatic rings. The number of nitrogens with zero attached hydrogens (tertiary/aromatic N) is 5. The minimum atomic E-state index is -0.172. The number of imide groups is 3. The zero-order valence-electron chi connectivity index (χ0n) is 51.2. The van der Waals surface area contributed by atoms with Gasteiger partial charge in [-0.2, -0.15) is 0 Å². The van der Waals surface area contributed by atoms with E-state index in [0.717, 1.165) is 162 Å². The highest BCUT2D eigenvalue weighted by molar-refractivity contribution is 6.29. The molecule has 3 unspecified atom stereocenters. The maximum absolute atomic E-state index is 13.4. The number of hydrogen-bond acceptors (Lipinski definition) is 8. The molecule has 0 bridgehead atoms. The van der Waals surface area contributed by atoms with Gasteiger partial charge in [0.25, 0.3) is 35.4 Å². The Morgan fingerprint density at radius 1 is 0.322 bits per heavy atom. The van der Waals surface area contributed by atoms with Crippen LogP contribution in [0.5, 0.6) is 0 Å². The molecule has 0 fully saturated rings. The van der Waals surface area contributed by atoms with Crippen molar-refractivity contribution in [3.05, 3.63) is 204 Å². The van der Waals surface area contributed by atoms with Gasteiger partial charge in [-0.05, 0) is 126 Å². The fraction of sp³-hybridized carbons (Fsp3) is 0.316. The smallest absolute Gasteiger partial charge is 0.261 e. The predicted octanol–water partition coefficient (Wildman–Crippen LogP) is 18.2. The normalized spacial score (nSPS) is 14.5. The summed E-state index contributed by atoms with van der Waals surface area (Å²) < 4.78 is 0. The average molecular weight is 1160 g/mol. The number of carbonyl (C=O) groups is 6. The molecule has 9 aromatic rings. The Kier molecular flexibility index (Phi) is 19.7. The second kappa shape index (κ2) is 28.0. The third kappa shape index (κ3) is 12.1. The average Bonchev–Trinajstić information content (AvgIpc) is 1.69. The molecule has 6 amide bonds. The van der Waals surface area contributed by atoms with Crippen molar-refractivity contribution in [2.45, 2.75) is 156 Å². The zero-order valence-corrected chi connectivity index (χ0v) is 51.2. The minimum Gasteiger partial charge on any atom is -0.271 e. The van der Waals surface area contributed by atoms with E-state index < -0.39 is 0 Å². The summed E-state index contributed by atoms with van der Waals surface area (Å²) in [4.78, 5) is 93.6. The van der Waals surface area contributed by atoms with E-state index in [4.69, 9.17) is 0 Å². The van der Waals surface area contributed by atoms with E-state index in [1.807, 2.05) is 146 Å². The Morgan fingerprint density at radius 2 is 0.678 bits per heavy atom. The topological polar surface area (TPSA) is 138 Å². The summed E-state index contributed by atoms with van der Waals surface area (Å²) in [5.41, 5.74) is 9.64. The van der Waals surface area contributed by atoms with Gasteiger partial charge in [0.05, 0.1) is 5.69 Å². The first-order valence-electron chi connectivity index (χ1n) is 31.7. The molecule has 87 heavy (non-hydrogen) atoms. The van der Waals surface area contributed by atoms with Crippen molar-refractivity contribution in [3.63, 3.8) is 0 Å².